The van der Waals surface area contributed by atoms with E-state index in [4.69, 9.17) is 0 Å². The van der Waals surface area contributed by atoms with Crippen molar-refractivity contribution in [3.8, 4) is 0 Å². The third kappa shape index (κ3) is 2.23. The Kier molecular flexibility index (Phi) is 3.77. The highest BCUT2D eigenvalue weighted by Gasteiger charge is 2.41. The number of rotatable bonds is 3. The van der Waals surface area contributed by atoms with Gasteiger partial charge in [0.15, 0.2) is 0 Å². The zero-order valence-corrected chi connectivity index (χ0v) is 12.2. The number of hydrogen-bond donors (Lipinski definition) is 3. The summed E-state index contributed by atoms with van der Waals surface area (Å²) in [6, 6.07) is 4.09. The summed E-state index contributed by atoms with van der Waals surface area (Å²) in [6.07, 6.45) is 1.87. The topological polar surface area (TPSA) is 49.3 Å². The van der Waals surface area contributed by atoms with Gasteiger partial charge in [-0.2, -0.15) is 0 Å². The molecular weight excluding hydrogens is 274 g/mol. The van der Waals surface area contributed by atoms with Crippen molar-refractivity contribution < 1.29 is 8.76 Å². The molecular formula is C11H15NO2S3. The van der Waals surface area contributed by atoms with E-state index in [1.165, 1.54) is 22.9 Å². The molecule has 0 bridgehead atoms. The Hall–Kier alpha value is -0.170. The minimum Gasteiger partial charge on any atom is -0.349 e. The van der Waals surface area contributed by atoms with Crippen LogP contribution < -0.4 is 5.32 Å². The number of nitrogens with one attached hydrogen (secondary N) is 1. The molecule has 94 valence electrons. The average molecular weight is 289 g/mol. The predicted octanol–water partition coefficient (Wildman–Crippen LogP) is 3.09. The number of hydrogen-bond acceptors (Lipinski definition) is 4. The number of thiol groups is 1. The molecule has 2 atom stereocenters. The summed E-state index contributed by atoms with van der Waals surface area (Å²) in [4.78, 5) is 0.997. The van der Waals surface area contributed by atoms with Gasteiger partial charge in [-0.15, -0.1) is 12.6 Å². The van der Waals surface area contributed by atoms with Gasteiger partial charge in [0, 0.05) is 4.90 Å². The zero-order chi connectivity index (χ0) is 12.6. The first-order valence-electron chi connectivity index (χ1n) is 5.47. The molecule has 1 aromatic rings. The quantitative estimate of drug-likeness (QED) is 0.591. The first kappa shape index (κ1) is 13.3. The van der Waals surface area contributed by atoms with Crippen molar-refractivity contribution in [2.24, 2.45) is 0 Å². The van der Waals surface area contributed by atoms with E-state index >= 15 is 0 Å². The molecule has 0 amide bonds. The lowest BCUT2D eigenvalue weighted by molar-refractivity contribution is 0.561. The Bertz CT molecular complexity index is 478. The van der Waals surface area contributed by atoms with Crippen molar-refractivity contribution in [1.29, 1.82) is 0 Å². The van der Waals surface area contributed by atoms with Crippen LogP contribution in [0.15, 0.2) is 17.0 Å². The second-order valence-electron chi connectivity index (χ2n) is 3.84. The number of anilines is 1. The van der Waals surface area contributed by atoms with E-state index in [9.17, 15) is 8.76 Å². The molecule has 2 unspecified atom stereocenters. The van der Waals surface area contributed by atoms with E-state index in [-0.39, 0.29) is 0 Å². The summed E-state index contributed by atoms with van der Waals surface area (Å²) in [5, 5.41) is 3.08. The van der Waals surface area contributed by atoms with Gasteiger partial charge in [0.1, 0.15) is 0 Å². The van der Waals surface area contributed by atoms with Gasteiger partial charge in [-0.3, -0.25) is 0 Å². The monoisotopic (exact) mass is 289 g/mol. The van der Waals surface area contributed by atoms with Crippen LogP contribution in [-0.4, -0.2) is 12.3 Å². The highest BCUT2D eigenvalue weighted by molar-refractivity contribution is 8.24. The van der Waals surface area contributed by atoms with Gasteiger partial charge in [-0.1, -0.05) is 31.7 Å². The third-order valence-corrected chi connectivity index (χ3v) is 5.92. The van der Waals surface area contributed by atoms with Gasteiger partial charge in [0.2, 0.25) is 14.6 Å². The summed E-state index contributed by atoms with van der Waals surface area (Å²) < 4.78 is 19.5. The molecule has 17 heavy (non-hydrogen) atoms. The molecule has 3 nitrogen and oxygen atoms in total. The van der Waals surface area contributed by atoms with Crippen LogP contribution in [0.5, 0.6) is 0 Å². The molecule has 0 aromatic heterocycles. The van der Waals surface area contributed by atoms with Gasteiger partial charge >= 0.3 is 0 Å². The van der Waals surface area contributed by atoms with Gasteiger partial charge in [0.05, 0.1) is 5.69 Å². The Morgan fingerprint density at radius 3 is 2.71 bits per heavy atom. The second-order valence-corrected chi connectivity index (χ2v) is 7.74. The first-order valence-corrected chi connectivity index (χ1v) is 7.84. The van der Waals surface area contributed by atoms with Crippen LogP contribution in [0, 0.1) is 0 Å². The minimum absolute atomic E-state index is 0.905. The van der Waals surface area contributed by atoms with Crippen LogP contribution in [-0.2, 0) is 23.9 Å². The number of benzene rings is 1. The fraction of sp³-hybridized carbons (Fsp3) is 0.455. The molecule has 1 aliphatic heterocycles. The summed E-state index contributed by atoms with van der Waals surface area (Å²) in [5.41, 5.74) is 3.47. The predicted molar refractivity (Wildman–Crippen MR) is 77.2 cm³/mol. The molecule has 2 rings (SSSR count). The number of fused-ring (bicyclic) bond motifs is 1. The van der Waals surface area contributed by atoms with Gasteiger partial charge in [0.25, 0.3) is 0 Å². The third-order valence-electron chi connectivity index (χ3n) is 2.87. The normalized spacial score (nSPS) is 24.2. The maximum absolute atomic E-state index is 11.3. The van der Waals surface area contributed by atoms with Crippen molar-refractivity contribution >= 4 is 41.2 Å². The Morgan fingerprint density at radius 2 is 2.18 bits per heavy atom. The Balaban J connectivity index is 2.48. The summed E-state index contributed by atoms with van der Waals surface area (Å²) in [6.45, 7) is 4.21. The van der Waals surface area contributed by atoms with Crippen LogP contribution >= 0.6 is 24.4 Å². The smallest absolute Gasteiger partial charge is 0.235 e. The lowest BCUT2D eigenvalue weighted by Gasteiger charge is -2.18. The molecule has 0 aliphatic carbocycles. The van der Waals surface area contributed by atoms with E-state index < -0.39 is 14.6 Å². The van der Waals surface area contributed by atoms with Crippen LogP contribution in [0.4, 0.5) is 5.69 Å². The van der Waals surface area contributed by atoms with Crippen LogP contribution in [0.3, 0.4) is 0 Å². The summed E-state index contributed by atoms with van der Waals surface area (Å²) in [7, 11) is 0. The standard InChI is InChI=1S/C11H15NO2S3/c1-3-7-5-6-9-10(8(7)4-2)12-11(15,16-9)17(13)14/h5-6,12,15H,3-4H2,1-2H3,(H,13,14). The molecule has 1 heterocycles. The van der Waals surface area contributed by atoms with Gasteiger partial charge in [-0.25, -0.2) is 4.21 Å². The van der Waals surface area contributed by atoms with Crippen molar-refractivity contribution in [2.75, 3.05) is 5.32 Å². The lowest BCUT2D eigenvalue weighted by Crippen LogP contribution is -2.29. The molecule has 1 aliphatic rings. The van der Waals surface area contributed by atoms with E-state index in [1.807, 2.05) is 6.07 Å². The van der Waals surface area contributed by atoms with Gasteiger partial charge in [-0.05, 0) is 30.0 Å². The Labute approximate surface area is 113 Å². The lowest BCUT2D eigenvalue weighted by atomic mass is 10.0. The van der Waals surface area contributed by atoms with Crippen molar-refractivity contribution in [2.45, 2.75) is 35.1 Å². The molecule has 1 aromatic carbocycles. The summed E-state index contributed by atoms with van der Waals surface area (Å²) in [5.74, 6) is 0. The summed E-state index contributed by atoms with van der Waals surface area (Å²) >= 11 is 3.53. The van der Waals surface area contributed by atoms with E-state index in [0.29, 0.717) is 0 Å². The fourth-order valence-electron chi connectivity index (χ4n) is 2.04. The van der Waals surface area contributed by atoms with Crippen molar-refractivity contribution in [3.05, 3.63) is 23.3 Å². The number of aryl methyl sites for hydroxylation is 1. The van der Waals surface area contributed by atoms with Crippen LogP contribution in [0.25, 0.3) is 0 Å². The molecule has 0 radical (unpaired) electrons. The van der Waals surface area contributed by atoms with Crippen molar-refractivity contribution in [3.63, 3.8) is 0 Å². The highest BCUT2D eigenvalue weighted by Crippen LogP contribution is 2.50. The largest absolute Gasteiger partial charge is 0.349 e. The zero-order valence-electron chi connectivity index (χ0n) is 9.69. The number of thioether (sulfide) groups is 1. The van der Waals surface area contributed by atoms with Crippen molar-refractivity contribution in [1.82, 2.24) is 0 Å². The Morgan fingerprint density at radius 1 is 1.47 bits per heavy atom. The fourth-order valence-corrected chi connectivity index (χ4v) is 4.05. The van der Waals surface area contributed by atoms with Crippen LogP contribution in [0.1, 0.15) is 25.0 Å². The maximum Gasteiger partial charge on any atom is 0.235 e. The maximum atomic E-state index is 11.3. The average Bonchev–Trinajstić information content (AvgIpc) is 2.65. The molecule has 0 saturated carbocycles. The minimum atomic E-state index is -2.04. The molecule has 6 heteroatoms. The molecule has 0 spiro atoms. The first-order chi connectivity index (χ1) is 8.01. The van der Waals surface area contributed by atoms with E-state index in [2.05, 4.69) is 37.9 Å². The molecule has 2 N–H and O–H groups in total. The molecule has 0 fully saturated rings. The van der Waals surface area contributed by atoms with Gasteiger partial charge < -0.3 is 9.87 Å². The molecule has 0 saturated heterocycles. The highest BCUT2D eigenvalue weighted by atomic mass is 32.3. The van der Waals surface area contributed by atoms with Crippen LogP contribution in [0.2, 0.25) is 0 Å². The van der Waals surface area contributed by atoms with E-state index in [0.717, 1.165) is 23.4 Å². The van der Waals surface area contributed by atoms with E-state index in [1.54, 1.807) is 0 Å². The SMILES string of the molecule is CCc1ccc2c(c1CC)NC(S)(S(=O)O)S2. The second kappa shape index (κ2) is 4.84.